The number of halogens is 1. The SMILES string of the molecule is Cc1cc(O[C@]2(O)[C@@H](O)O[C@H](CO)[C@@H](O)[C@@H]2O)c2c(CCc3ccc(Cl)cc3)n[nH]c2c1. The van der Waals surface area contributed by atoms with Gasteiger partial charge < -0.3 is 35.0 Å². The maximum Gasteiger partial charge on any atom is 0.288 e. The minimum atomic E-state index is -2.67. The molecule has 0 saturated carbocycles. The number of nitrogens with one attached hydrogen (secondary N) is 1. The van der Waals surface area contributed by atoms with Crippen molar-refractivity contribution < 1.29 is 35.0 Å². The van der Waals surface area contributed by atoms with Gasteiger partial charge in [-0.1, -0.05) is 23.7 Å². The Labute approximate surface area is 188 Å². The molecule has 2 heterocycles. The Morgan fingerprint density at radius 3 is 2.56 bits per heavy atom. The van der Waals surface area contributed by atoms with Gasteiger partial charge in [-0.15, -0.1) is 0 Å². The molecule has 9 nitrogen and oxygen atoms in total. The highest BCUT2D eigenvalue weighted by atomic mass is 35.5. The van der Waals surface area contributed by atoms with E-state index in [4.69, 9.17) is 21.1 Å². The number of benzene rings is 2. The van der Waals surface area contributed by atoms with Crippen molar-refractivity contribution in [2.24, 2.45) is 0 Å². The zero-order chi connectivity index (χ0) is 23.0. The van der Waals surface area contributed by atoms with Gasteiger partial charge in [-0.05, 0) is 55.2 Å². The average Bonchev–Trinajstić information content (AvgIpc) is 3.17. The molecule has 1 fully saturated rings. The van der Waals surface area contributed by atoms with Gasteiger partial charge >= 0.3 is 0 Å². The topological polar surface area (TPSA) is 148 Å². The Hall–Kier alpha value is -2.24. The maximum atomic E-state index is 10.9. The van der Waals surface area contributed by atoms with Crippen molar-refractivity contribution in [1.82, 2.24) is 10.2 Å². The summed E-state index contributed by atoms with van der Waals surface area (Å²) in [5.74, 6) is -2.52. The van der Waals surface area contributed by atoms with Crippen molar-refractivity contribution in [3.63, 3.8) is 0 Å². The van der Waals surface area contributed by atoms with Gasteiger partial charge in [0.2, 0.25) is 6.29 Å². The molecule has 0 spiro atoms. The van der Waals surface area contributed by atoms with Gasteiger partial charge in [0.25, 0.3) is 5.79 Å². The fraction of sp³-hybridized carbons (Fsp3) is 0.409. The molecule has 1 saturated heterocycles. The van der Waals surface area contributed by atoms with Gasteiger partial charge in [0.15, 0.2) is 6.10 Å². The lowest BCUT2D eigenvalue weighted by Crippen LogP contribution is -2.69. The number of hydrogen-bond acceptors (Lipinski definition) is 8. The molecule has 0 bridgehead atoms. The summed E-state index contributed by atoms with van der Waals surface area (Å²) in [5.41, 5.74) is 3.13. The minimum absolute atomic E-state index is 0.152. The molecule has 0 unspecified atom stereocenters. The Kier molecular flexibility index (Phi) is 6.42. The summed E-state index contributed by atoms with van der Waals surface area (Å²) in [6.45, 7) is 1.15. The maximum absolute atomic E-state index is 10.9. The molecular formula is C22H25ClN2O7. The van der Waals surface area contributed by atoms with Gasteiger partial charge in [0, 0.05) is 5.02 Å². The first kappa shape index (κ1) is 22.9. The van der Waals surface area contributed by atoms with Crippen molar-refractivity contribution >= 4 is 22.5 Å². The van der Waals surface area contributed by atoms with Crippen molar-refractivity contribution in [2.75, 3.05) is 6.61 Å². The van der Waals surface area contributed by atoms with Gasteiger partial charge in [0.1, 0.15) is 18.0 Å². The number of hydrogen-bond donors (Lipinski definition) is 6. The predicted molar refractivity (Wildman–Crippen MR) is 115 cm³/mol. The fourth-order valence-corrected chi connectivity index (χ4v) is 4.00. The van der Waals surface area contributed by atoms with Crippen LogP contribution in [0.1, 0.15) is 16.8 Å². The number of aryl methyl sites for hydroxylation is 3. The standard InChI is InChI=1S/C22H25ClN2O7/c1-11-8-15-18(14(24-25-15)7-4-12-2-5-13(23)6-3-12)16(9-11)32-22(30)20(28)19(27)17(10-26)31-21(22)29/h2-3,5-6,8-9,17,19-21,26-30H,4,7,10H2,1H3,(H,24,25)/t17-,19-,20+,21+,22+/m1/s1. The lowest BCUT2D eigenvalue weighted by molar-refractivity contribution is -0.385. The lowest BCUT2D eigenvalue weighted by atomic mass is 9.95. The predicted octanol–water partition coefficient (Wildman–Crippen LogP) is 0.809. The Morgan fingerprint density at radius 1 is 1.16 bits per heavy atom. The first-order valence-corrected chi connectivity index (χ1v) is 10.5. The molecule has 32 heavy (non-hydrogen) atoms. The molecule has 172 valence electrons. The van der Waals surface area contributed by atoms with E-state index in [2.05, 4.69) is 10.2 Å². The molecule has 5 atom stereocenters. The molecule has 1 aliphatic heterocycles. The van der Waals surface area contributed by atoms with Crippen molar-refractivity contribution in [2.45, 2.75) is 50.2 Å². The number of aromatic nitrogens is 2. The zero-order valence-corrected chi connectivity index (χ0v) is 18.0. The number of aliphatic hydroxyl groups excluding tert-OH is 4. The molecule has 6 N–H and O–H groups in total. The van der Waals surface area contributed by atoms with Gasteiger partial charge in [-0.25, -0.2) is 0 Å². The molecule has 3 aromatic rings. The molecule has 1 aliphatic rings. The smallest absolute Gasteiger partial charge is 0.288 e. The van der Waals surface area contributed by atoms with Crippen LogP contribution in [0.2, 0.25) is 5.02 Å². The Morgan fingerprint density at radius 2 is 1.88 bits per heavy atom. The summed E-state index contributed by atoms with van der Waals surface area (Å²) in [5, 5.41) is 59.6. The van der Waals surface area contributed by atoms with Gasteiger partial charge in [-0.2, -0.15) is 5.10 Å². The third kappa shape index (κ3) is 4.20. The number of H-pyrrole nitrogens is 1. The van der Waals surface area contributed by atoms with Crippen molar-refractivity contribution in [3.05, 3.63) is 58.2 Å². The molecule has 4 rings (SSSR count). The van der Waals surface area contributed by atoms with Crippen LogP contribution in [-0.4, -0.2) is 72.7 Å². The molecule has 2 aromatic carbocycles. The Balaban J connectivity index is 1.66. The van der Waals surface area contributed by atoms with Crippen LogP contribution in [0, 0.1) is 6.92 Å². The quantitative estimate of drug-likeness (QED) is 0.293. The molecule has 0 amide bonds. The summed E-state index contributed by atoms with van der Waals surface area (Å²) in [6, 6.07) is 10.9. The van der Waals surface area contributed by atoms with Crippen LogP contribution < -0.4 is 4.74 Å². The molecule has 10 heteroatoms. The minimum Gasteiger partial charge on any atom is -0.453 e. The fourth-order valence-electron chi connectivity index (χ4n) is 3.87. The van der Waals surface area contributed by atoms with Crippen LogP contribution >= 0.6 is 11.6 Å². The number of fused-ring (bicyclic) bond motifs is 1. The van der Waals surface area contributed by atoms with Gasteiger partial charge in [0.05, 0.1) is 23.2 Å². The van der Waals surface area contributed by atoms with Crippen LogP contribution in [0.3, 0.4) is 0 Å². The van der Waals surface area contributed by atoms with E-state index in [1.807, 2.05) is 37.3 Å². The molecular weight excluding hydrogens is 440 g/mol. The van der Waals surface area contributed by atoms with Crippen LogP contribution in [-0.2, 0) is 17.6 Å². The number of ether oxygens (including phenoxy) is 2. The van der Waals surface area contributed by atoms with Crippen LogP contribution in [0.25, 0.3) is 10.9 Å². The lowest BCUT2D eigenvalue weighted by Gasteiger charge is -2.45. The van der Waals surface area contributed by atoms with Crippen LogP contribution in [0.4, 0.5) is 0 Å². The first-order chi connectivity index (χ1) is 15.2. The second-order valence-corrected chi connectivity index (χ2v) is 8.42. The summed E-state index contributed by atoms with van der Waals surface area (Å²) < 4.78 is 10.8. The summed E-state index contributed by atoms with van der Waals surface area (Å²) in [6.07, 6.45) is -5.70. The highest BCUT2D eigenvalue weighted by Gasteiger charge is 2.57. The number of aliphatic hydroxyl groups is 5. The van der Waals surface area contributed by atoms with E-state index in [1.165, 1.54) is 0 Å². The van der Waals surface area contributed by atoms with E-state index in [0.29, 0.717) is 34.5 Å². The van der Waals surface area contributed by atoms with E-state index in [1.54, 1.807) is 6.07 Å². The van der Waals surface area contributed by atoms with E-state index in [9.17, 15) is 25.5 Å². The molecule has 1 aromatic heterocycles. The highest BCUT2D eigenvalue weighted by Crippen LogP contribution is 2.36. The van der Waals surface area contributed by atoms with E-state index in [-0.39, 0.29) is 5.75 Å². The molecule has 0 aliphatic carbocycles. The zero-order valence-electron chi connectivity index (χ0n) is 17.3. The monoisotopic (exact) mass is 464 g/mol. The number of aromatic amines is 1. The average molecular weight is 465 g/mol. The Bertz CT molecular complexity index is 1090. The second kappa shape index (κ2) is 8.95. The number of nitrogens with zero attached hydrogens (tertiary/aromatic N) is 1. The van der Waals surface area contributed by atoms with Gasteiger partial charge in [-0.3, -0.25) is 5.10 Å². The summed E-state index contributed by atoms with van der Waals surface area (Å²) in [4.78, 5) is 0. The second-order valence-electron chi connectivity index (χ2n) is 7.98. The van der Waals surface area contributed by atoms with E-state index >= 15 is 0 Å². The molecule has 0 radical (unpaired) electrons. The van der Waals surface area contributed by atoms with E-state index < -0.39 is 37.0 Å². The summed E-state index contributed by atoms with van der Waals surface area (Å²) in [7, 11) is 0. The normalized spacial score (nSPS) is 28.2. The van der Waals surface area contributed by atoms with Crippen molar-refractivity contribution in [3.8, 4) is 5.75 Å². The third-order valence-corrected chi connectivity index (χ3v) is 5.90. The van der Waals surface area contributed by atoms with E-state index in [0.717, 1.165) is 11.1 Å². The number of rotatable bonds is 6. The largest absolute Gasteiger partial charge is 0.453 e. The van der Waals surface area contributed by atoms with Crippen LogP contribution in [0.5, 0.6) is 5.75 Å². The van der Waals surface area contributed by atoms with Crippen LogP contribution in [0.15, 0.2) is 36.4 Å². The summed E-state index contributed by atoms with van der Waals surface area (Å²) >= 11 is 5.94. The first-order valence-electron chi connectivity index (χ1n) is 10.2. The van der Waals surface area contributed by atoms with Crippen molar-refractivity contribution in [1.29, 1.82) is 0 Å². The highest BCUT2D eigenvalue weighted by molar-refractivity contribution is 6.30. The third-order valence-electron chi connectivity index (χ3n) is 5.65.